The van der Waals surface area contributed by atoms with E-state index in [1.54, 1.807) is 4.90 Å². The molecule has 1 rings (SSSR count). The number of aliphatic hydroxyl groups is 2. The lowest BCUT2D eigenvalue weighted by atomic mass is 10.0. The smallest absolute Gasteiger partial charge is 0.396 e. The number of rotatable bonds is 43. The van der Waals surface area contributed by atoms with E-state index in [-0.39, 0.29) is 114 Å². The molecule has 0 radical (unpaired) electrons. The van der Waals surface area contributed by atoms with Gasteiger partial charge in [-0.1, -0.05) is 32.6 Å². The molecule has 21 nitrogen and oxygen atoms in total. The average Bonchev–Trinajstić information content (AvgIpc) is 3.76. The van der Waals surface area contributed by atoms with Gasteiger partial charge >= 0.3 is 7.82 Å². The standard InChI is InChI=1S/C44H83N6O15P/c1-2-30-62-34-44(35-63-31-21-40(55)47-25-14-23-45-38(53)17-9-11-28-51,36-64-32-22-41(56)48-26-15-24-46-39(54)18-10-12-29-52)49-42(57)19-7-5-3-4-6-8-20-43(58)50-27-13-16-37(50)33-65-66(59,60)61/h37,51-52H,2-36H2,1H3,(H,45,53)(H,46,54)(H,47,55)(H,48,56)(H,49,57)(H2,59,60,61)/t37-/m0/s1. The molecule has 1 saturated heterocycles. The van der Waals surface area contributed by atoms with Crippen molar-refractivity contribution in [2.45, 2.75) is 153 Å². The molecule has 9 N–H and O–H groups in total. The number of ether oxygens (including phenoxy) is 3. The number of phosphoric ester groups is 1. The lowest BCUT2D eigenvalue weighted by Crippen LogP contribution is -2.58. The lowest BCUT2D eigenvalue weighted by molar-refractivity contribution is -0.133. The number of unbranched alkanes of at least 4 members (excludes halogenated alkanes) is 7. The minimum absolute atomic E-state index is 0.0242. The van der Waals surface area contributed by atoms with Gasteiger partial charge in [0, 0.05) is 91.1 Å². The van der Waals surface area contributed by atoms with Crippen LogP contribution in [-0.2, 0) is 52.1 Å². The molecule has 0 unspecified atom stereocenters. The van der Waals surface area contributed by atoms with Crippen molar-refractivity contribution < 1.29 is 72.1 Å². The Kier molecular flexibility index (Phi) is 35.6. The molecule has 22 heteroatoms. The van der Waals surface area contributed by atoms with E-state index in [9.17, 15) is 33.3 Å². The molecule has 1 heterocycles. The van der Waals surface area contributed by atoms with Crippen LogP contribution in [-0.4, -0.2) is 164 Å². The van der Waals surface area contributed by atoms with Crippen molar-refractivity contribution in [3.05, 3.63) is 0 Å². The van der Waals surface area contributed by atoms with Gasteiger partial charge in [0.1, 0.15) is 5.54 Å². The maximum Gasteiger partial charge on any atom is 0.469 e. The van der Waals surface area contributed by atoms with Gasteiger partial charge in [-0.25, -0.2) is 4.57 Å². The Balaban J connectivity index is 2.65. The van der Waals surface area contributed by atoms with Crippen LogP contribution in [0, 0.1) is 0 Å². The van der Waals surface area contributed by atoms with Crippen molar-refractivity contribution in [3.63, 3.8) is 0 Å². The molecule has 66 heavy (non-hydrogen) atoms. The highest BCUT2D eigenvalue weighted by Gasteiger charge is 2.34. The first-order valence-electron chi connectivity index (χ1n) is 24.1. The first-order valence-corrected chi connectivity index (χ1v) is 25.6. The van der Waals surface area contributed by atoms with E-state index in [4.69, 9.17) is 34.2 Å². The van der Waals surface area contributed by atoms with Crippen molar-refractivity contribution in [1.29, 1.82) is 0 Å². The number of likely N-dealkylation sites (tertiary alicyclic amines) is 1. The summed E-state index contributed by atoms with van der Waals surface area (Å²) >= 11 is 0. The summed E-state index contributed by atoms with van der Waals surface area (Å²) in [7, 11) is -4.60. The van der Waals surface area contributed by atoms with E-state index in [0.717, 1.165) is 38.5 Å². The third kappa shape index (κ3) is 33.2. The van der Waals surface area contributed by atoms with E-state index in [1.807, 2.05) is 6.92 Å². The van der Waals surface area contributed by atoms with E-state index >= 15 is 0 Å². The molecule has 1 aliphatic rings. The van der Waals surface area contributed by atoms with E-state index in [2.05, 4.69) is 31.1 Å². The third-order valence-corrected chi connectivity index (χ3v) is 11.1. The van der Waals surface area contributed by atoms with Crippen molar-refractivity contribution in [3.8, 4) is 0 Å². The van der Waals surface area contributed by atoms with Gasteiger partial charge in [-0.2, -0.15) is 0 Å². The van der Waals surface area contributed by atoms with E-state index < -0.39 is 13.4 Å². The zero-order chi connectivity index (χ0) is 48.7. The third-order valence-electron chi connectivity index (χ3n) is 10.6. The van der Waals surface area contributed by atoms with Gasteiger partial charge in [-0.15, -0.1) is 0 Å². The molecule has 6 amide bonds. The van der Waals surface area contributed by atoms with Gasteiger partial charge in [-0.05, 0) is 70.6 Å². The summed E-state index contributed by atoms with van der Waals surface area (Å²) in [6.45, 7) is 4.52. The van der Waals surface area contributed by atoms with Crippen LogP contribution in [0.25, 0.3) is 0 Å². The Bertz CT molecular complexity index is 1360. The molecule has 1 fully saturated rings. The van der Waals surface area contributed by atoms with Crippen LogP contribution in [0.2, 0.25) is 0 Å². The van der Waals surface area contributed by atoms with Gasteiger partial charge in [-0.3, -0.25) is 33.3 Å². The fraction of sp³-hybridized carbons (Fsp3) is 0.864. The van der Waals surface area contributed by atoms with Crippen molar-refractivity contribution in [2.24, 2.45) is 0 Å². The zero-order valence-corrected chi connectivity index (χ0v) is 40.4. The highest BCUT2D eigenvalue weighted by molar-refractivity contribution is 7.46. The Hall–Kier alpha value is -3.27. The molecule has 1 aliphatic heterocycles. The molecule has 0 saturated carbocycles. The van der Waals surface area contributed by atoms with Crippen LogP contribution in [0.15, 0.2) is 0 Å². The SMILES string of the molecule is CCCOCC(COCCC(=O)NCCCNC(=O)CCCCO)(COCCC(=O)NCCCNC(=O)CCCCO)NC(=O)CCCCCCCCC(=O)N1CCC[C@H]1COP(=O)(O)O. The Morgan fingerprint density at radius 2 is 1.00 bits per heavy atom. The fourth-order valence-electron chi connectivity index (χ4n) is 7.04. The van der Waals surface area contributed by atoms with Crippen LogP contribution in [0.4, 0.5) is 0 Å². The molecule has 0 aromatic rings. The molecule has 0 bridgehead atoms. The van der Waals surface area contributed by atoms with Gasteiger partial charge in [0.25, 0.3) is 0 Å². The summed E-state index contributed by atoms with van der Waals surface area (Å²) in [5.41, 5.74) is -1.12. The molecule has 1 atom stereocenters. The maximum atomic E-state index is 13.4. The van der Waals surface area contributed by atoms with Crippen molar-refractivity contribution in [2.75, 3.05) is 92.2 Å². The number of hydrogen-bond donors (Lipinski definition) is 9. The molecular formula is C44H83N6O15P. The summed E-state index contributed by atoms with van der Waals surface area (Å²) < 4.78 is 33.6. The highest BCUT2D eigenvalue weighted by atomic mass is 31.2. The van der Waals surface area contributed by atoms with Crippen LogP contribution in [0.3, 0.4) is 0 Å². The van der Waals surface area contributed by atoms with E-state index in [1.165, 1.54) is 0 Å². The number of carbonyl (C=O) groups excluding carboxylic acids is 6. The molecule has 384 valence electrons. The second-order valence-corrected chi connectivity index (χ2v) is 18.0. The number of nitrogens with one attached hydrogen (secondary N) is 5. The predicted molar refractivity (Wildman–Crippen MR) is 246 cm³/mol. The molecule has 0 aromatic carbocycles. The average molecular weight is 967 g/mol. The van der Waals surface area contributed by atoms with Gasteiger partial charge < -0.3 is 65.7 Å². The number of carbonyl (C=O) groups is 6. The predicted octanol–water partition coefficient (Wildman–Crippen LogP) is 1.87. The number of amides is 6. The summed E-state index contributed by atoms with van der Waals surface area (Å²) in [5.74, 6) is -0.939. The summed E-state index contributed by atoms with van der Waals surface area (Å²) in [6, 6.07) is -0.333. The van der Waals surface area contributed by atoms with Crippen LogP contribution in [0.5, 0.6) is 0 Å². The minimum Gasteiger partial charge on any atom is -0.396 e. The lowest BCUT2D eigenvalue weighted by Gasteiger charge is -2.34. The van der Waals surface area contributed by atoms with Gasteiger partial charge in [0.2, 0.25) is 35.4 Å². The first kappa shape index (κ1) is 60.7. The fourth-order valence-corrected chi connectivity index (χ4v) is 7.40. The number of phosphoric acid groups is 1. The number of aliphatic hydroxyl groups excluding tert-OH is 2. The Labute approximate surface area is 391 Å². The topological polar surface area (TPSA) is 301 Å². The second kappa shape index (κ2) is 38.7. The molecular weight excluding hydrogens is 883 g/mol. The molecule has 0 spiro atoms. The Morgan fingerprint density at radius 3 is 1.47 bits per heavy atom. The maximum absolute atomic E-state index is 13.4. The molecule has 0 aliphatic carbocycles. The largest absolute Gasteiger partial charge is 0.469 e. The quantitative estimate of drug-likeness (QED) is 0.0311. The van der Waals surface area contributed by atoms with Gasteiger partial charge in [0.15, 0.2) is 0 Å². The van der Waals surface area contributed by atoms with Crippen LogP contribution in [0.1, 0.15) is 142 Å². The summed E-state index contributed by atoms with van der Waals surface area (Å²) in [6.07, 6.45) is 11.6. The number of hydrogen-bond acceptors (Lipinski definition) is 13. The second-order valence-electron chi connectivity index (χ2n) is 16.7. The summed E-state index contributed by atoms with van der Waals surface area (Å²) in [5, 5.41) is 32.0. The zero-order valence-electron chi connectivity index (χ0n) is 39.5. The van der Waals surface area contributed by atoms with Crippen molar-refractivity contribution >= 4 is 43.3 Å². The van der Waals surface area contributed by atoms with Crippen molar-refractivity contribution in [1.82, 2.24) is 31.5 Å². The van der Waals surface area contributed by atoms with Gasteiger partial charge in [0.05, 0.1) is 45.7 Å². The molecule has 0 aromatic heterocycles. The Morgan fingerprint density at radius 1 is 0.576 bits per heavy atom. The summed E-state index contributed by atoms with van der Waals surface area (Å²) in [4.78, 5) is 94.6. The normalized spacial score (nSPS) is 14.0. The van der Waals surface area contributed by atoms with E-state index in [0.29, 0.717) is 116 Å². The first-order chi connectivity index (χ1) is 31.7. The van der Waals surface area contributed by atoms with Crippen LogP contribution < -0.4 is 26.6 Å². The van der Waals surface area contributed by atoms with Crippen LogP contribution >= 0.6 is 7.82 Å². The number of nitrogens with zero attached hydrogens (tertiary/aromatic N) is 1. The highest BCUT2D eigenvalue weighted by Crippen LogP contribution is 2.37. The monoisotopic (exact) mass is 967 g/mol. The minimum atomic E-state index is -4.60.